The van der Waals surface area contributed by atoms with Crippen molar-refractivity contribution < 1.29 is 24.2 Å². The van der Waals surface area contributed by atoms with E-state index in [1.54, 1.807) is 6.92 Å². The largest absolute Gasteiger partial charge is 0.493 e. The number of hydrogen-bond donors (Lipinski definition) is 2. The maximum atomic E-state index is 11.7. The minimum absolute atomic E-state index is 0.000428. The van der Waals surface area contributed by atoms with E-state index in [1.165, 1.54) is 0 Å². The number of carboxylic acids is 1. The maximum absolute atomic E-state index is 11.7. The van der Waals surface area contributed by atoms with Crippen molar-refractivity contribution >= 4 is 17.6 Å². The molecule has 0 aromatic heterocycles. The van der Waals surface area contributed by atoms with Crippen molar-refractivity contribution in [3.8, 4) is 5.75 Å². The molecule has 0 fully saturated rings. The highest BCUT2D eigenvalue weighted by Crippen LogP contribution is 2.16. The van der Waals surface area contributed by atoms with Crippen molar-refractivity contribution in [1.82, 2.24) is 0 Å². The molecular weight excluding hydrogens is 370 g/mol. The predicted molar refractivity (Wildman–Crippen MR) is 112 cm³/mol. The average molecular weight is 399 g/mol. The van der Waals surface area contributed by atoms with E-state index in [0.29, 0.717) is 19.6 Å². The van der Waals surface area contributed by atoms with Crippen molar-refractivity contribution in [1.29, 1.82) is 0 Å². The van der Waals surface area contributed by atoms with E-state index in [4.69, 9.17) is 14.6 Å². The van der Waals surface area contributed by atoms with Crippen LogP contribution >= 0.6 is 0 Å². The molecule has 2 aromatic rings. The van der Waals surface area contributed by atoms with Gasteiger partial charge in [0.15, 0.2) is 6.10 Å². The molecule has 0 radical (unpaired) electrons. The fraction of sp³-hybridized carbons (Fsp3) is 0.391. The zero-order valence-electron chi connectivity index (χ0n) is 17.2. The summed E-state index contributed by atoms with van der Waals surface area (Å²) in [6.45, 7) is 6.38. The molecular formula is C23H29NO5. The second kappa shape index (κ2) is 11.2. The molecule has 0 saturated heterocycles. The number of anilines is 1. The van der Waals surface area contributed by atoms with Gasteiger partial charge in [0.05, 0.1) is 6.61 Å². The van der Waals surface area contributed by atoms with Gasteiger partial charge in [-0.3, -0.25) is 4.79 Å². The van der Waals surface area contributed by atoms with Crippen LogP contribution in [0.4, 0.5) is 5.69 Å². The summed E-state index contributed by atoms with van der Waals surface area (Å²) in [5.74, 6) is -0.274. The average Bonchev–Trinajstić information content (AvgIpc) is 2.70. The second-order valence-corrected chi connectivity index (χ2v) is 7.07. The Balaban J connectivity index is 1.80. The molecule has 0 spiro atoms. The minimum atomic E-state index is -0.957. The van der Waals surface area contributed by atoms with E-state index in [9.17, 15) is 9.59 Å². The first-order valence-corrected chi connectivity index (χ1v) is 9.85. The molecule has 6 heteroatoms. The highest BCUT2D eigenvalue weighted by molar-refractivity contribution is 5.92. The number of nitrogens with one attached hydrogen (secondary N) is 1. The van der Waals surface area contributed by atoms with E-state index in [1.807, 2.05) is 62.4 Å². The van der Waals surface area contributed by atoms with Crippen LogP contribution in [0.25, 0.3) is 0 Å². The lowest BCUT2D eigenvalue weighted by Gasteiger charge is -2.13. The van der Waals surface area contributed by atoms with Crippen LogP contribution in [-0.2, 0) is 27.2 Å². The Morgan fingerprint density at radius 3 is 2.17 bits per heavy atom. The van der Waals surface area contributed by atoms with E-state index >= 15 is 0 Å². The lowest BCUT2D eigenvalue weighted by Crippen LogP contribution is -2.26. The third kappa shape index (κ3) is 7.58. The van der Waals surface area contributed by atoms with Gasteiger partial charge in [-0.25, -0.2) is 4.79 Å². The number of carboxylic acid groups (broad SMARTS) is 1. The number of aliphatic carboxylic acids is 1. The minimum Gasteiger partial charge on any atom is -0.493 e. The lowest BCUT2D eigenvalue weighted by molar-refractivity contribution is -0.149. The van der Waals surface area contributed by atoms with Gasteiger partial charge in [0.2, 0.25) is 5.91 Å². The van der Waals surface area contributed by atoms with Gasteiger partial charge in [-0.15, -0.1) is 0 Å². The Bertz CT molecular complexity index is 784. The zero-order chi connectivity index (χ0) is 21.2. The Morgan fingerprint density at radius 2 is 1.62 bits per heavy atom. The highest BCUT2D eigenvalue weighted by Gasteiger charge is 2.17. The summed E-state index contributed by atoms with van der Waals surface area (Å²) in [5, 5.41) is 12.0. The van der Waals surface area contributed by atoms with Crippen LogP contribution in [0.3, 0.4) is 0 Å². The number of hydrogen-bond acceptors (Lipinski definition) is 4. The smallest absolute Gasteiger partial charge is 0.333 e. The van der Waals surface area contributed by atoms with Gasteiger partial charge < -0.3 is 19.9 Å². The SMILES string of the molecule is CCO[C@@H](Cc1ccc(OCCc2ccc(NC(=O)C(C)C)cc2)cc1)C(=O)O. The van der Waals surface area contributed by atoms with Crippen LogP contribution in [0.2, 0.25) is 0 Å². The van der Waals surface area contributed by atoms with Crippen molar-refractivity contribution in [2.24, 2.45) is 5.92 Å². The van der Waals surface area contributed by atoms with Gasteiger partial charge in [0.25, 0.3) is 0 Å². The molecule has 156 valence electrons. The molecule has 0 aliphatic rings. The zero-order valence-corrected chi connectivity index (χ0v) is 17.2. The quantitative estimate of drug-likeness (QED) is 0.598. The number of ether oxygens (including phenoxy) is 2. The van der Waals surface area contributed by atoms with Gasteiger partial charge in [0, 0.05) is 31.1 Å². The molecule has 0 heterocycles. The first-order valence-electron chi connectivity index (χ1n) is 9.85. The van der Waals surface area contributed by atoms with Gasteiger partial charge in [-0.2, -0.15) is 0 Å². The molecule has 0 unspecified atom stereocenters. The summed E-state index contributed by atoms with van der Waals surface area (Å²) >= 11 is 0. The van der Waals surface area contributed by atoms with Crippen molar-refractivity contribution in [3.05, 3.63) is 59.7 Å². The number of benzene rings is 2. The van der Waals surface area contributed by atoms with Crippen LogP contribution in [0.1, 0.15) is 31.9 Å². The molecule has 1 atom stereocenters. The van der Waals surface area contributed by atoms with Crippen molar-refractivity contribution in [2.45, 2.75) is 39.7 Å². The Hall–Kier alpha value is -2.86. The van der Waals surface area contributed by atoms with Crippen LogP contribution in [0, 0.1) is 5.92 Å². The molecule has 2 rings (SSSR count). The second-order valence-electron chi connectivity index (χ2n) is 7.07. The van der Waals surface area contributed by atoms with Gasteiger partial charge in [-0.05, 0) is 42.3 Å². The van der Waals surface area contributed by atoms with Crippen LogP contribution in [0.5, 0.6) is 5.75 Å². The standard InChI is InChI=1S/C23H29NO5/c1-4-28-21(23(26)27)15-18-7-11-20(12-8-18)29-14-13-17-5-9-19(10-6-17)24-22(25)16(2)3/h5-12,16,21H,4,13-15H2,1-3H3,(H,24,25)(H,26,27)/t21-/m0/s1. The van der Waals surface area contributed by atoms with Crippen LogP contribution in [-0.4, -0.2) is 36.3 Å². The molecule has 2 N–H and O–H groups in total. The molecule has 0 bridgehead atoms. The lowest BCUT2D eigenvalue weighted by atomic mass is 10.1. The first-order chi connectivity index (χ1) is 13.9. The van der Waals surface area contributed by atoms with Crippen LogP contribution in [0.15, 0.2) is 48.5 Å². The van der Waals surface area contributed by atoms with E-state index in [2.05, 4.69) is 5.32 Å². The van der Waals surface area contributed by atoms with E-state index in [0.717, 1.165) is 29.0 Å². The predicted octanol–water partition coefficient (Wildman–Crippen LogP) is 3.93. The van der Waals surface area contributed by atoms with E-state index < -0.39 is 12.1 Å². The number of carbonyl (C=O) groups excluding carboxylic acids is 1. The Labute approximate surface area is 171 Å². The number of rotatable bonds is 11. The summed E-state index contributed by atoms with van der Waals surface area (Å²) < 4.78 is 11.0. The molecule has 29 heavy (non-hydrogen) atoms. The third-order valence-corrected chi connectivity index (χ3v) is 4.39. The van der Waals surface area contributed by atoms with E-state index in [-0.39, 0.29) is 11.8 Å². The summed E-state index contributed by atoms with van der Waals surface area (Å²) in [5.41, 5.74) is 2.79. The summed E-state index contributed by atoms with van der Waals surface area (Å²) in [6, 6.07) is 15.1. The fourth-order valence-corrected chi connectivity index (χ4v) is 2.68. The molecule has 2 aromatic carbocycles. The maximum Gasteiger partial charge on any atom is 0.333 e. The highest BCUT2D eigenvalue weighted by atomic mass is 16.5. The monoisotopic (exact) mass is 399 g/mol. The van der Waals surface area contributed by atoms with Gasteiger partial charge in [0.1, 0.15) is 5.75 Å². The summed E-state index contributed by atoms with van der Waals surface area (Å²) in [4.78, 5) is 22.9. The van der Waals surface area contributed by atoms with Gasteiger partial charge >= 0.3 is 5.97 Å². The van der Waals surface area contributed by atoms with Crippen molar-refractivity contribution in [3.63, 3.8) is 0 Å². The summed E-state index contributed by atoms with van der Waals surface area (Å²) in [6.07, 6.45) is 0.231. The van der Waals surface area contributed by atoms with Crippen LogP contribution < -0.4 is 10.1 Å². The fourth-order valence-electron chi connectivity index (χ4n) is 2.68. The third-order valence-electron chi connectivity index (χ3n) is 4.39. The molecule has 0 aliphatic heterocycles. The number of carbonyl (C=O) groups is 2. The Kier molecular flexibility index (Phi) is 8.68. The summed E-state index contributed by atoms with van der Waals surface area (Å²) in [7, 11) is 0. The first kappa shape index (κ1) is 22.4. The Morgan fingerprint density at radius 1 is 1.00 bits per heavy atom. The van der Waals surface area contributed by atoms with Crippen molar-refractivity contribution in [2.75, 3.05) is 18.5 Å². The molecule has 0 saturated carbocycles. The molecule has 0 aliphatic carbocycles. The topological polar surface area (TPSA) is 84.9 Å². The normalized spacial score (nSPS) is 11.9. The van der Waals surface area contributed by atoms with Gasteiger partial charge in [-0.1, -0.05) is 38.1 Å². The molecule has 1 amide bonds. The number of amides is 1. The molecule has 6 nitrogen and oxygen atoms in total.